The summed E-state index contributed by atoms with van der Waals surface area (Å²) >= 11 is 0. The molecule has 1 aromatic heterocycles. The molecule has 1 aromatic carbocycles. The number of rotatable bonds is 3. The first kappa shape index (κ1) is 12.3. The van der Waals surface area contributed by atoms with Gasteiger partial charge in [0.15, 0.2) is 0 Å². The van der Waals surface area contributed by atoms with Gasteiger partial charge in [0, 0.05) is 18.0 Å². The zero-order valence-corrected chi connectivity index (χ0v) is 9.99. The maximum atomic E-state index is 12.7. The monoisotopic (exact) mass is 267 g/mol. The molecule has 18 heavy (non-hydrogen) atoms. The first-order valence-electron chi connectivity index (χ1n) is 4.97. The fourth-order valence-electron chi connectivity index (χ4n) is 1.31. The van der Waals surface area contributed by atoms with Crippen LogP contribution in [0.2, 0.25) is 0 Å². The summed E-state index contributed by atoms with van der Waals surface area (Å²) in [4.78, 5) is 3.78. The molecule has 7 heteroatoms. The normalized spacial score (nSPS) is 11.2. The number of hydrogen-bond donors (Lipinski definition) is 2. The summed E-state index contributed by atoms with van der Waals surface area (Å²) < 4.78 is 38.8. The second-order valence-electron chi connectivity index (χ2n) is 3.53. The Hall–Kier alpha value is -2.15. The maximum absolute atomic E-state index is 12.7. The van der Waals surface area contributed by atoms with E-state index < -0.39 is 15.8 Å². The van der Waals surface area contributed by atoms with Gasteiger partial charge in [0.1, 0.15) is 11.6 Å². The molecule has 0 amide bonds. The summed E-state index contributed by atoms with van der Waals surface area (Å²) in [7, 11) is -3.78. The lowest BCUT2D eigenvalue weighted by Gasteiger charge is -2.07. The quantitative estimate of drug-likeness (QED) is 0.884. The molecule has 94 valence electrons. The number of hydrogen-bond acceptors (Lipinski definition) is 4. The molecule has 0 bridgehead atoms. The third kappa shape index (κ3) is 2.75. The van der Waals surface area contributed by atoms with Crippen LogP contribution in [0.25, 0.3) is 0 Å². The molecule has 2 rings (SSSR count). The second kappa shape index (κ2) is 4.61. The molecule has 1 heterocycles. The van der Waals surface area contributed by atoms with Gasteiger partial charge in [0.25, 0.3) is 10.0 Å². The number of nitrogens with two attached hydrogens (primary N) is 1. The molecule has 5 nitrogen and oxygen atoms in total. The van der Waals surface area contributed by atoms with Crippen LogP contribution in [0.1, 0.15) is 0 Å². The van der Waals surface area contributed by atoms with Gasteiger partial charge in [0.2, 0.25) is 0 Å². The molecule has 3 N–H and O–H groups in total. The number of aromatic nitrogens is 1. The fourth-order valence-corrected chi connectivity index (χ4v) is 2.31. The summed E-state index contributed by atoms with van der Waals surface area (Å²) in [5.41, 5.74) is 5.90. The van der Waals surface area contributed by atoms with Crippen LogP contribution in [0.15, 0.2) is 47.5 Å². The van der Waals surface area contributed by atoms with Crippen LogP contribution < -0.4 is 10.5 Å². The highest BCUT2D eigenvalue weighted by molar-refractivity contribution is 7.92. The highest BCUT2D eigenvalue weighted by atomic mass is 32.2. The van der Waals surface area contributed by atoms with Gasteiger partial charge in [-0.05, 0) is 30.3 Å². The van der Waals surface area contributed by atoms with Crippen molar-refractivity contribution in [1.29, 1.82) is 0 Å². The molecule has 0 radical (unpaired) electrons. The lowest BCUT2D eigenvalue weighted by molar-refractivity contribution is 0.599. The number of sulfonamides is 1. The average molecular weight is 267 g/mol. The van der Waals surface area contributed by atoms with Crippen molar-refractivity contribution in [1.82, 2.24) is 4.98 Å². The number of anilines is 2. The van der Waals surface area contributed by atoms with E-state index in [0.717, 1.165) is 12.1 Å². The molecule has 0 atom stereocenters. The van der Waals surface area contributed by atoms with E-state index in [1.165, 1.54) is 30.5 Å². The first-order valence-corrected chi connectivity index (χ1v) is 6.45. The Labute approximate surface area is 104 Å². The summed E-state index contributed by atoms with van der Waals surface area (Å²) in [6.45, 7) is 0. The number of nitrogens with one attached hydrogen (secondary N) is 1. The van der Waals surface area contributed by atoms with Crippen molar-refractivity contribution in [3.8, 4) is 0 Å². The van der Waals surface area contributed by atoms with Crippen molar-refractivity contribution in [2.24, 2.45) is 0 Å². The van der Waals surface area contributed by atoms with Crippen LogP contribution in [-0.4, -0.2) is 13.4 Å². The minimum absolute atomic E-state index is 0.0480. The Bertz CT molecular complexity index is 656. The predicted octanol–water partition coefficient (Wildman–Crippen LogP) is 1.60. The Balaban J connectivity index is 2.30. The zero-order chi connectivity index (χ0) is 13.2. The van der Waals surface area contributed by atoms with Gasteiger partial charge < -0.3 is 5.73 Å². The molecular formula is C11H10FN3O2S. The molecule has 0 unspecified atom stereocenters. The minimum atomic E-state index is -3.78. The van der Waals surface area contributed by atoms with E-state index in [1.54, 1.807) is 0 Å². The van der Waals surface area contributed by atoms with Gasteiger partial charge in [-0.2, -0.15) is 0 Å². The van der Waals surface area contributed by atoms with E-state index in [-0.39, 0.29) is 10.7 Å². The topological polar surface area (TPSA) is 85.1 Å². The van der Waals surface area contributed by atoms with Crippen LogP contribution in [-0.2, 0) is 10.0 Å². The van der Waals surface area contributed by atoms with Crippen molar-refractivity contribution in [3.63, 3.8) is 0 Å². The summed E-state index contributed by atoms with van der Waals surface area (Å²) in [5, 5.41) is 0. The van der Waals surface area contributed by atoms with E-state index in [2.05, 4.69) is 9.71 Å². The van der Waals surface area contributed by atoms with E-state index in [4.69, 9.17) is 5.73 Å². The van der Waals surface area contributed by atoms with Crippen molar-refractivity contribution >= 4 is 21.5 Å². The lowest BCUT2D eigenvalue weighted by Crippen LogP contribution is -2.14. The van der Waals surface area contributed by atoms with E-state index in [1.807, 2.05) is 0 Å². The number of nitrogen functional groups attached to an aromatic ring is 1. The van der Waals surface area contributed by atoms with Crippen LogP contribution in [0.4, 0.5) is 15.9 Å². The van der Waals surface area contributed by atoms with Crippen LogP contribution >= 0.6 is 0 Å². The predicted molar refractivity (Wildman–Crippen MR) is 65.9 cm³/mol. The van der Waals surface area contributed by atoms with Crippen molar-refractivity contribution in [2.45, 2.75) is 4.90 Å². The highest BCUT2D eigenvalue weighted by Crippen LogP contribution is 2.16. The number of halogens is 1. The summed E-state index contributed by atoms with van der Waals surface area (Å²) in [6.07, 6.45) is 1.39. The van der Waals surface area contributed by atoms with Crippen LogP contribution in [0.3, 0.4) is 0 Å². The van der Waals surface area contributed by atoms with E-state index in [0.29, 0.717) is 5.69 Å². The maximum Gasteiger partial charge on any atom is 0.263 e. The molecule has 0 aliphatic carbocycles. The van der Waals surface area contributed by atoms with Crippen LogP contribution in [0, 0.1) is 5.82 Å². The largest absolute Gasteiger partial charge is 0.399 e. The molecule has 0 fully saturated rings. The fraction of sp³-hybridized carbons (Fsp3) is 0. The number of benzene rings is 1. The third-order valence-corrected chi connectivity index (χ3v) is 3.52. The Morgan fingerprint density at radius 2 is 1.83 bits per heavy atom. The number of pyridine rings is 1. The summed E-state index contributed by atoms with van der Waals surface area (Å²) in [6, 6.07) is 7.41. The van der Waals surface area contributed by atoms with E-state index >= 15 is 0 Å². The zero-order valence-electron chi connectivity index (χ0n) is 9.17. The smallest absolute Gasteiger partial charge is 0.263 e. The van der Waals surface area contributed by atoms with Gasteiger partial charge >= 0.3 is 0 Å². The average Bonchev–Trinajstić information content (AvgIpc) is 2.29. The van der Waals surface area contributed by atoms with Gasteiger partial charge in [-0.25, -0.2) is 17.8 Å². The van der Waals surface area contributed by atoms with Gasteiger partial charge in [0.05, 0.1) is 4.90 Å². The Morgan fingerprint density at radius 1 is 1.17 bits per heavy atom. The second-order valence-corrected chi connectivity index (χ2v) is 5.22. The highest BCUT2D eigenvalue weighted by Gasteiger charge is 2.14. The molecular weight excluding hydrogens is 257 g/mol. The van der Waals surface area contributed by atoms with E-state index in [9.17, 15) is 12.8 Å². The lowest BCUT2D eigenvalue weighted by atomic mass is 10.4. The molecule has 0 aliphatic heterocycles. The Morgan fingerprint density at radius 3 is 2.44 bits per heavy atom. The molecule has 0 saturated heterocycles. The molecule has 2 aromatic rings. The van der Waals surface area contributed by atoms with Crippen molar-refractivity contribution in [2.75, 3.05) is 10.5 Å². The van der Waals surface area contributed by atoms with Gasteiger partial charge in [-0.15, -0.1) is 0 Å². The molecule has 0 aliphatic rings. The molecule has 0 spiro atoms. The molecule has 0 saturated carbocycles. The SMILES string of the molecule is Nc1ccnc(NS(=O)(=O)c2ccc(F)cc2)c1. The number of nitrogens with zero attached hydrogens (tertiary/aromatic N) is 1. The summed E-state index contributed by atoms with van der Waals surface area (Å²) in [5.74, 6) is -0.393. The third-order valence-electron chi connectivity index (χ3n) is 2.15. The van der Waals surface area contributed by atoms with Gasteiger partial charge in [-0.3, -0.25) is 4.72 Å². The minimum Gasteiger partial charge on any atom is -0.399 e. The first-order chi connectivity index (χ1) is 8.47. The van der Waals surface area contributed by atoms with Crippen molar-refractivity contribution < 1.29 is 12.8 Å². The van der Waals surface area contributed by atoms with Gasteiger partial charge in [-0.1, -0.05) is 0 Å². The Kier molecular flexibility index (Phi) is 3.15. The van der Waals surface area contributed by atoms with Crippen molar-refractivity contribution in [3.05, 3.63) is 48.4 Å². The standard InChI is InChI=1S/C11H10FN3O2S/c12-8-1-3-10(4-2-8)18(16,17)15-11-7-9(13)5-6-14-11/h1-7H,(H3,13,14,15). The van der Waals surface area contributed by atoms with Crippen LogP contribution in [0.5, 0.6) is 0 Å².